The molecule has 0 bridgehead atoms. The molecule has 2 aromatic heterocycles. The van der Waals surface area contributed by atoms with E-state index in [-0.39, 0.29) is 12.0 Å². The molecule has 8 nitrogen and oxygen atoms in total. The van der Waals surface area contributed by atoms with Crippen LogP contribution in [0, 0.1) is 0 Å². The molecule has 2 unspecified atom stereocenters. The standard InChI is InChI=1S/C40H70N4O4S2/c1-5-9-13-17-19-23-31-49-35(25-21-15-11-7-3)33-43-29-27-41-39(43)47-37(45)38(46)48-40-42-28-30-44(40)34-36(26-22-16-12-8-4)50-32-24-20-18-14-10-6-2/h27-30,35-36H,5-26,31-34H2,1-4H3. The summed E-state index contributed by atoms with van der Waals surface area (Å²) in [5, 5.41) is 0.782. The van der Waals surface area contributed by atoms with Crippen LogP contribution in [0.5, 0.6) is 12.0 Å². The summed E-state index contributed by atoms with van der Waals surface area (Å²) in [5.41, 5.74) is 0. The Morgan fingerprint density at radius 1 is 0.540 bits per heavy atom. The van der Waals surface area contributed by atoms with Crippen LogP contribution in [-0.4, -0.2) is 53.0 Å². The second kappa shape index (κ2) is 29.6. The summed E-state index contributed by atoms with van der Waals surface area (Å²) >= 11 is 4.02. The first-order valence-electron chi connectivity index (χ1n) is 20.2. The van der Waals surface area contributed by atoms with Crippen molar-refractivity contribution in [2.45, 2.75) is 193 Å². The molecular formula is C40H70N4O4S2. The topological polar surface area (TPSA) is 88.2 Å². The molecule has 0 aliphatic rings. The van der Waals surface area contributed by atoms with Gasteiger partial charge in [-0.2, -0.15) is 23.5 Å². The number of ether oxygens (including phenoxy) is 2. The lowest BCUT2D eigenvalue weighted by molar-refractivity contribution is -0.157. The van der Waals surface area contributed by atoms with E-state index in [2.05, 4.69) is 37.7 Å². The molecule has 0 fully saturated rings. The predicted molar refractivity (Wildman–Crippen MR) is 212 cm³/mol. The van der Waals surface area contributed by atoms with Crippen LogP contribution in [0.1, 0.15) is 169 Å². The number of carbonyl (C=O) groups is 2. The van der Waals surface area contributed by atoms with Gasteiger partial charge in [-0.15, -0.1) is 0 Å². The van der Waals surface area contributed by atoms with Gasteiger partial charge in [0.25, 0.3) is 0 Å². The minimum atomic E-state index is -1.08. The number of imidazole rings is 2. The number of esters is 2. The highest BCUT2D eigenvalue weighted by Gasteiger charge is 2.25. The van der Waals surface area contributed by atoms with Gasteiger partial charge in [0.2, 0.25) is 0 Å². The van der Waals surface area contributed by atoms with Gasteiger partial charge in [0.05, 0.1) is 0 Å². The lowest BCUT2D eigenvalue weighted by Gasteiger charge is -2.19. The van der Waals surface area contributed by atoms with Crippen LogP contribution in [-0.2, 0) is 22.7 Å². The summed E-state index contributed by atoms with van der Waals surface area (Å²) < 4.78 is 14.7. The largest absolute Gasteiger partial charge is 0.425 e. The van der Waals surface area contributed by atoms with Crippen molar-refractivity contribution in [1.82, 2.24) is 19.1 Å². The third kappa shape index (κ3) is 20.2. The molecule has 0 N–H and O–H groups in total. The summed E-state index contributed by atoms with van der Waals surface area (Å²) in [6, 6.07) is 0.263. The summed E-state index contributed by atoms with van der Waals surface area (Å²) in [7, 11) is 0. The van der Waals surface area contributed by atoms with E-state index in [0.717, 1.165) is 24.3 Å². The Balaban J connectivity index is 1.93. The zero-order chi connectivity index (χ0) is 36.1. The molecule has 0 spiro atoms. The first-order chi connectivity index (χ1) is 24.5. The molecule has 0 aliphatic heterocycles. The van der Waals surface area contributed by atoms with Crippen molar-refractivity contribution in [3.8, 4) is 12.0 Å². The fraction of sp³-hybridized carbons (Fsp3) is 0.800. The number of thioether (sulfide) groups is 2. The van der Waals surface area contributed by atoms with Crippen molar-refractivity contribution in [2.24, 2.45) is 0 Å². The van der Waals surface area contributed by atoms with E-state index in [1.54, 1.807) is 12.4 Å². The predicted octanol–water partition coefficient (Wildman–Crippen LogP) is 11.5. The molecule has 0 saturated heterocycles. The van der Waals surface area contributed by atoms with E-state index in [1.807, 2.05) is 45.1 Å². The van der Waals surface area contributed by atoms with Gasteiger partial charge in [-0.25, -0.2) is 19.6 Å². The molecule has 286 valence electrons. The Hall–Kier alpha value is -1.94. The van der Waals surface area contributed by atoms with E-state index in [0.29, 0.717) is 23.6 Å². The van der Waals surface area contributed by atoms with Gasteiger partial charge in [-0.1, -0.05) is 143 Å². The molecule has 2 rings (SSSR count). The number of aromatic nitrogens is 4. The van der Waals surface area contributed by atoms with Crippen LogP contribution < -0.4 is 9.47 Å². The van der Waals surface area contributed by atoms with Gasteiger partial charge in [0.1, 0.15) is 0 Å². The minimum Gasteiger partial charge on any atom is -0.383 e. The molecule has 50 heavy (non-hydrogen) atoms. The number of rotatable bonds is 32. The normalized spacial score (nSPS) is 12.6. The quantitative estimate of drug-likeness (QED) is 0.0417. The minimum absolute atomic E-state index is 0.132. The zero-order valence-electron chi connectivity index (χ0n) is 32.1. The Bertz CT molecular complexity index is 1040. The van der Waals surface area contributed by atoms with Gasteiger partial charge >= 0.3 is 24.0 Å². The van der Waals surface area contributed by atoms with Crippen LogP contribution in [0.2, 0.25) is 0 Å². The lowest BCUT2D eigenvalue weighted by Crippen LogP contribution is -2.28. The maximum atomic E-state index is 12.9. The van der Waals surface area contributed by atoms with Crippen molar-refractivity contribution in [2.75, 3.05) is 11.5 Å². The van der Waals surface area contributed by atoms with Gasteiger partial charge in [0.15, 0.2) is 0 Å². The van der Waals surface area contributed by atoms with Gasteiger partial charge in [-0.05, 0) is 37.2 Å². The maximum Gasteiger partial charge on any atom is 0.425 e. The van der Waals surface area contributed by atoms with Crippen molar-refractivity contribution < 1.29 is 19.1 Å². The number of nitrogens with zero attached hydrogens (tertiary/aromatic N) is 4. The fourth-order valence-corrected chi connectivity index (χ4v) is 8.69. The van der Waals surface area contributed by atoms with Crippen molar-refractivity contribution in [3.63, 3.8) is 0 Å². The number of hydrogen-bond donors (Lipinski definition) is 0. The van der Waals surface area contributed by atoms with E-state index in [1.165, 1.54) is 128 Å². The Kier molecular flexibility index (Phi) is 26.2. The molecular weight excluding hydrogens is 665 g/mol. The van der Waals surface area contributed by atoms with Gasteiger partial charge in [-0.3, -0.25) is 9.13 Å². The average molecular weight is 735 g/mol. The van der Waals surface area contributed by atoms with E-state index >= 15 is 0 Å². The Morgan fingerprint density at radius 2 is 0.880 bits per heavy atom. The fourth-order valence-electron chi connectivity index (χ4n) is 6.08. The summed E-state index contributed by atoms with van der Waals surface area (Å²) in [6.07, 6.45) is 34.3. The van der Waals surface area contributed by atoms with Crippen LogP contribution in [0.4, 0.5) is 0 Å². The van der Waals surface area contributed by atoms with Crippen LogP contribution >= 0.6 is 23.5 Å². The first-order valence-corrected chi connectivity index (χ1v) is 22.3. The first kappa shape index (κ1) is 44.2. The zero-order valence-corrected chi connectivity index (χ0v) is 33.7. The summed E-state index contributed by atoms with van der Waals surface area (Å²) in [6.45, 7) is 10.3. The number of unbranched alkanes of at least 4 members (excludes halogenated alkanes) is 16. The number of hydrogen-bond acceptors (Lipinski definition) is 8. The van der Waals surface area contributed by atoms with E-state index in [9.17, 15) is 9.59 Å². The highest BCUT2D eigenvalue weighted by atomic mass is 32.2. The second-order valence-corrected chi connectivity index (χ2v) is 16.5. The Morgan fingerprint density at radius 3 is 1.26 bits per heavy atom. The second-order valence-electron chi connectivity index (χ2n) is 13.7. The highest BCUT2D eigenvalue weighted by Crippen LogP contribution is 2.26. The van der Waals surface area contributed by atoms with Crippen molar-refractivity contribution in [3.05, 3.63) is 24.8 Å². The van der Waals surface area contributed by atoms with Crippen LogP contribution in [0.3, 0.4) is 0 Å². The molecule has 2 atom stereocenters. The maximum absolute atomic E-state index is 12.9. The lowest BCUT2D eigenvalue weighted by atomic mass is 10.1. The third-order valence-corrected chi connectivity index (χ3v) is 11.9. The SMILES string of the molecule is CCCCCCCCSC(CCCCCC)Cn1ccnc1OC(=O)C(=O)Oc1nccn1CC(CCCCCC)SCCCCCCCC. The average Bonchev–Trinajstić information content (AvgIpc) is 3.75. The van der Waals surface area contributed by atoms with E-state index in [4.69, 9.17) is 9.47 Å². The van der Waals surface area contributed by atoms with Crippen molar-refractivity contribution >= 4 is 35.5 Å². The molecule has 0 radical (unpaired) electrons. The summed E-state index contributed by atoms with van der Waals surface area (Å²) in [4.78, 5) is 34.4. The monoisotopic (exact) mass is 734 g/mol. The van der Waals surface area contributed by atoms with Crippen LogP contribution in [0.25, 0.3) is 0 Å². The Labute approximate surface area is 313 Å². The van der Waals surface area contributed by atoms with E-state index < -0.39 is 11.9 Å². The van der Waals surface area contributed by atoms with Crippen molar-refractivity contribution in [1.29, 1.82) is 0 Å². The van der Waals surface area contributed by atoms with Gasteiger partial charge < -0.3 is 9.47 Å². The highest BCUT2D eigenvalue weighted by molar-refractivity contribution is 8.00. The molecule has 0 saturated carbocycles. The summed E-state index contributed by atoms with van der Waals surface area (Å²) in [5.74, 6) is 0.0919. The number of carbonyl (C=O) groups excluding carboxylic acids is 2. The molecule has 0 aromatic carbocycles. The molecule has 2 aromatic rings. The van der Waals surface area contributed by atoms with Gasteiger partial charge in [0, 0.05) is 48.4 Å². The van der Waals surface area contributed by atoms with Crippen LogP contribution in [0.15, 0.2) is 24.8 Å². The molecule has 0 amide bonds. The molecule has 2 heterocycles. The third-order valence-electron chi connectivity index (χ3n) is 9.15. The molecule has 10 heteroatoms. The smallest absolute Gasteiger partial charge is 0.383 e. The molecule has 0 aliphatic carbocycles.